The maximum Gasteiger partial charge on any atom is 0.338 e. The van der Waals surface area contributed by atoms with Gasteiger partial charge in [0.1, 0.15) is 17.1 Å². The Morgan fingerprint density at radius 3 is 2.70 bits per heavy atom. The van der Waals surface area contributed by atoms with E-state index in [1.165, 1.54) is 7.11 Å². The van der Waals surface area contributed by atoms with Gasteiger partial charge < -0.3 is 15.2 Å². The van der Waals surface area contributed by atoms with Gasteiger partial charge in [0.2, 0.25) is 0 Å². The second kappa shape index (κ2) is 6.80. The van der Waals surface area contributed by atoms with Crippen molar-refractivity contribution in [3.8, 4) is 0 Å². The van der Waals surface area contributed by atoms with Crippen LogP contribution >= 0.6 is 0 Å². The number of nitrogens with one attached hydrogen (secondary N) is 1. The largest absolute Gasteiger partial charge is 0.478 e. The molecular formula is C12H15FN2O5. The molecule has 0 aliphatic rings. The highest BCUT2D eigenvalue weighted by atomic mass is 19.1. The summed E-state index contributed by atoms with van der Waals surface area (Å²) in [5.41, 5.74) is -1.29. The quantitative estimate of drug-likeness (QED) is 0.589. The fourth-order valence-electron chi connectivity index (χ4n) is 1.68. The van der Waals surface area contributed by atoms with Crippen LogP contribution in [0.3, 0.4) is 0 Å². The van der Waals surface area contributed by atoms with Gasteiger partial charge in [0.25, 0.3) is 5.69 Å². The molecule has 8 heteroatoms. The van der Waals surface area contributed by atoms with Crippen molar-refractivity contribution in [2.75, 3.05) is 19.0 Å². The second-order valence-corrected chi connectivity index (χ2v) is 4.12. The minimum atomic E-state index is -1.55. The van der Waals surface area contributed by atoms with Crippen LogP contribution in [0, 0.1) is 15.9 Å². The Kier molecular flexibility index (Phi) is 5.39. The number of nitro benzene ring substituents is 1. The molecule has 20 heavy (non-hydrogen) atoms. The van der Waals surface area contributed by atoms with Crippen molar-refractivity contribution in [1.82, 2.24) is 0 Å². The molecule has 0 heterocycles. The number of anilines is 1. The number of aromatic carboxylic acids is 1. The van der Waals surface area contributed by atoms with Crippen molar-refractivity contribution in [2.24, 2.45) is 0 Å². The summed E-state index contributed by atoms with van der Waals surface area (Å²) in [4.78, 5) is 21.0. The Labute approximate surface area is 114 Å². The zero-order valence-electron chi connectivity index (χ0n) is 11.1. The molecule has 1 atom stereocenters. The summed E-state index contributed by atoms with van der Waals surface area (Å²) >= 11 is 0. The van der Waals surface area contributed by atoms with E-state index in [1.54, 1.807) is 0 Å². The molecule has 0 radical (unpaired) electrons. The normalized spacial score (nSPS) is 11.9. The van der Waals surface area contributed by atoms with Crippen LogP contribution in [0.2, 0.25) is 0 Å². The molecule has 0 aliphatic heterocycles. The maximum atomic E-state index is 13.6. The number of nitrogens with zero attached hydrogens (tertiary/aromatic N) is 1. The van der Waals surface area contributed by atoms with E-state index in [1.807, 2.05) is 6.92 Å². The van der Waals surface area contributed by atoms with E-state index in [-0.39, 0.29) is 18.3 Å². The number of carbonyl (C=O) groups is 1. The standard InChI is InChI=1S/C12H15FN2O5/c1-3-7(6-20-2)14-10-5-9(13)8(12(16)17)4-11(10)15(18)19/h4-5,7,14H,3,6H2,1-2H3,(H,16,17). The monoisotopic (exact) mass is 286 g/mol. The van der Waals surface area contributed by atoms with Crippen molar-refractivity contribution in [1.29, 1.82) is 0 Å². The molecule has 0 aliphatic carbocycles. The van der Waals surface area contributed by atoms with Gasteiger partial charge in [-0.25, -0.2) is 9.18 Å². The molecule has 0 saturated heterocycles. The lowest BCUT2D eigenvalue weighted by atomic mass is 10.1. The van der Waals surface area contributed by atoms with Crippen molar-refractivity contribution in [3.05, 3.63) is 33.6 Å². The number of ether oxygens (including phenoxy) is 1. The van der Waals surface area contributed by atoms with Crippen LogP contribution in [-0.4, -0.2) is 35.8 Å². The third-order valence-electron chi connectivity index (χ3n) is 2.73. The average molecular weight is 286 g/mol. The molecule has 0 bridgehead atoms. The van der Waals surface area contributed by atoms with Gasteiger partial charge in [-0.2, -0.15) is 0 Å². The molecule has 1 rings (SSSR count). The Bertz CT molecular complexity index is 521. The number of benzene rings is 1. The van der Waals surface area contributed by atoms with Crippen molar-refractivity contribution >= 4 is 17.3 Å². The molecule has 0 saturated carbocycles. The number of carboxylic acids is 1. The van der Waals surface area contributed by atoms with Gasteiger partial charge in [-0.3, -0.25) is 10.1 Å². The number of methoxy groups -OCH3 is 1. The first kappa shape index (κ1) is 15.8. The van der Waals surface area contributed by atoms with E-state index < -0.39 is 28.0 Å². The highest BCUT2D eigenvalue weighted by molar-refractivity contribution is 5.90. The summed E-state index contributed by atoms with van der Waals surface area (Å²) in [6.07, 6.45) is 0.604. The van der Waals surface area contributed by atoms with E-state index in [0.717, 1.165) is 6.07 Å². The first-order chi connectivity index (χ1) is 9.40. The number of halogens is 1. The predicted octanol–water partition coefficient (Wildman–Crippen LogP) is 2.27. The highest BCUT2D eigenvalue weighted by Gasteiger charge is 2.23. The van der Waals surface area contributed by atoms with Gasteiger partial charge in [0.15, 0.2) is 0 Å². The van der Waals surface area contributed by atoms with Crippen LogP contribution in [0.1, 0.15) is 23.7 Å². The molecule has 1 aromatic rings. The van der Waals surface area contributed by atoms with E-state index in [2.05, 4.69) is 5.32 Å². The summed E-state index contributed by atoms with van der Waals surface area (Å²) in [6.45, 7) is 2.13. The minimum absolute atomic E-state index is 0.0681. The highest BCUT2D eigenvalue weighted by Crippen LogP contribution is 2.28. The lowest BCUT2D eigenvalue weighted by Gasteiger charge is -2.17. The third-order valence-corrected chi connectivity index (χ3v) is 2.73. The minimum Gasteiger partial charge on any atom is -0.478 e. The topological polar surface area (TPSA) is 102 Å². The maximum absolute atomic E-state index is 13.6. The van der Waals surface area contributed by atoms with Crippen LogP contribution in [0.4, 0.5) is 15.8 Å². The van der Waals surface area contributed by atoms with Crippen molar-refractivity contribution in [2.45, 2.75) is 19.4 Å². The van der Waals surface area contributed by atoms with E-state index >= 15 is 0 Å². The molecule has 0 fully saturated rings. The number of hydrogen-bond acceptors (Lipinski definition) is 5. The summed E-state index contributed by atoms with van der Waals surface area (Å²) in [6, 6.07) is 1.29. The smallest absolute Gasteiger partial charge is 0.338 e. The average Bonchev–Trinajstić information content (AvgIpc) is 2.37. The van der Waals surface area contributed by atoms with Gasteiger partial charge in [-0.1, -0.05) is 6.92 Å². The van der Waals surface area contributed by atoms with Crippen LogP contribution in [-0.2, 0) is 4.74 Å². The molecular weight excluding hydrogens is 271 g/mol. The van der Waals surface area contributed by atoms with E-state index in [0.29, 0.717) is 12.5 Å². The van der Waals surface area contributed by atoms with E-state index in [9.17, 15) is 19.3 Å². The van der Waals surface area contributed by atoms with Crippen molar-refractivity contribution < 1.29 is 24.0 Å². The Balaban J connectivity index is 3.21. The molecule has 1 aromatic carbocycles. The lowest BCUT2D eigenvalue weighted by molar-refractivity contribution is -0.384. The van der Waals surface area contributed by atoms with Gasteiger partial charge in [0, 0.05) is 25.3 Å². The summed E-state index contributed by atoms with van der Waals surface area (Å²) < 4.78 is 18.5. The zero-order chi connectivity index (χ0) is 15.3. The predicted molar refractivity (Wildman–Crippen MR) is 69.6 cm³/mol. The first-order valence-electron chi connectivity index (χ1n) is 5.87. The first-order valence-corrected chi connectivity index (χ1v) is 5.87. The number of carboxylic acid groups (broad SMARTS) is 1. The molecule has 0 amide bonds. The third kappa shape index (κ3) is 3.64. The van der Waals surface area contributed by atoms with Gasteiger partial charge >= 0.3 is 5.97 Å². The molecule has 7 nitrogen and oxygen atoms in total. The summed E-state index contributed by atoms with van der Waals surface area (Å²) in [5, 5.41) is 22.5. The molecule has 2 N–H and O–H groups in total. The molecule has 1 unspecified atom stereocenters. The fraction of sp³-hybridized carbons (Fsp3) is 0.417. The van der Waals surface area contributed by atoms with Crippen LogP contribution < -0.4 is 5.32 Å². The van der Waals surface area contributed by atoms with Gasteiger partial charge in [-0.05, 0) is 6.42 Å². The molecule has 0 spiro atoms. The number of rotatable bonds is 7. The summed E-state index contributed by atoms with van der Waals surface area (Å²) in [7, 11) is 1.48. The number of hydrogen-bond donors (Lipinski definition) is 2. The second-order valence-electron chi connectivity index (χ2n) is 4.12. The van der Waals surface area contributed by atoms with Gasteiger partial charge in [0.05, 0.1) is 11.5 Å². The zero-order valence-corrected chi connectivity index (χ0v) is 11.1. The number of nitro groups is 1. The van der Waals surface area contributed by atoms with Crippen LogP contribution in [0.25, 0.3) is 0 Å². The lowest BCUT2D eigenvalue weighted by Crippen LogP contribution is -2.24. The van der Waals surface area contributed by atoms with Crippen molar-refractivity contribution in [3.63, 3.8) is 0 Å². The fourth-order valence-corrected chi connectivity index (χ4v) is 1.68. The van der Waals surface area contributed by atoms with Crippen LogP contribution in [0.5, 0.6) is 0 Å². The van der Waals surface area contributed by atoms with E-state index in [4.69, 9.17) is 9.84 Å². The SMILES string of the molecule is CCC(COC)Nc1cc(F)c(C(=O)O)cc1[N+](=O)[O-]. The van der Waals surface area contributed by atoms with Crippen LogP contribution in [0.15, 0.2) is 12.1 Å². The van der Waals surface area contributed by atoms with Gasteiger partial charge in [-0.15, -0.1) is 0 Å². The Morgan fingerprint density at radius 1 is 1.60 bits per heavy atom. The molecule has 110 valence electrons. The molecule has 0 aromatic heterocycles. The Hall–Kier alpha value is -2.22. The summed E-state index contributed by atoms with van der Waals surface area (Å²) in [5.74, 6) is -2.58. The Morgan fingerprint density at radius 2 is 2.25 bits per heavy atom.